The Bertz CT molecular complexity index is 462. The van der Waals surface area contributed by atoms with Crippen LogP contribution in [0.2, 0.25) is 0 Å². The molecule has 1 amide bonds. The molecule has 0 aliphatic carbocycles. The normalized spacial score (nSPS) is 11.3. The molecule has 0 heterocycles. The van der Waals surface area contributed by atoms with Crippen molar-refractivity contribution in [2.24, 2.45) is 5.73 Å². The highest BCUT2D eigenvalue weighted by Gasteiger charge is 2.09. The van der Waals surface area contributed by atoms with Crippen molar-refractivity contribution in [2.45, 2.75) is 13.0 Å². The summed E-state index contributed by atoms with van der Waals surface area (Å²) < 4.78 is 0. The van der Waals surface area contributed by atoms with Gasteiger partial charge in [-0.3, -0.25) is 4.79 Å². The standard InChI is InChI=1S/C14H18N2OS/c1-11(10-18-2)16-14(17)13-7-3-5-12(9-13)6-4-8-15/h3,5,7,9,11H,8,10,15H2,1-2H3,(H,16,17). The minimum Gasteiger partial charge on any atom is -0.349 e. The maximum atomic E-state index is 12.0. The molecule has 0 aromatic heterocycles. The van der Waals surface area contributed by atoms with Crippen molar-refractivity contribution in [3.05, 3.63) is 35.4 Å². The number of carbonyl (C=O) groups excluding carboxylic acids is 1. The Balaban J connectivity index is 2.74. The molecule has 1 atom stereocenters. The predicted octanol–water partition coefficient (Wildman–Crippen LogP) is 1.48. The fourth-order valence-corrected chi connectivity index (χ4v) is 2.07. The molecule has 1 unspecified atom stereocenters. The van der Waals surface area contributed by atoms with E-state index in [0.29, 0.717) is 12.1 Å². The van der Waals surface area contributed by atoms with Crippen LogP contribution < -0.4 is 11.1 Å². The van der Waals surface area contributed by atoms with Crippen LogP contribution in [0.3, 0.4) is 0 Å². The van der Waals surface area contributed by atoms with E-state index in [4.69, 9.17) is 5.73 Å². The summed E-state index contributed by atoms with van der Waals surface area (Å²) in [4.78, 5) is 12.0. The lowest BCUT2D eigenvalue weighted by Crippen LogP contribution is -2.34. The van der Waals surface area contributed by atoms with Crippen LogP contribution in [0.1, 0.15) is 22.8 Å². The lowest BCUT2D eigenvalue weighted by Gasteiger charge is -2.12. The largest absolute Gasteiger partial charge is 0.349 e. The number of benzene rings is 1. The molecule has 1 aromatic rings. The van der Waals surface area contributed by atoms with Gasteiger partial charge in [-0.2, -0.15) is 11.8 Å². The molecule has 3 nitrogen and oxygen atoms in total. The van der Waals surface area contributed by atoms with Crippen LogP contribution in [0.15, 0.2) is 24.3 Å². The van der Waals surface area contributed by atoms with Crippen molar-refractivity contribution in [1.82, 2.24) is 5.32 Å². The first-order valence-corrected chi connectivity index (χ1v) is 7.15. The van der Waals surface area contributed by atoms with Gasteiger partial charge >= 0.3 is 0 Å². The molecule has 0 fully saturated rings. The second-order valence-corrected chi connectivity index (χ2v) is 4.83. The molecule has 1 rings (SSSR count). The fraction of sp³-hybridized carbons (Fsp3) is 0.357. The van der Waals surface area contributed by atoms with E-state index in [1.165, 1.54) is 0 Å². The average Bonchev–Trinajstić information content (AvgIpc) is 2.37. The molecule has 96 valence electrons. The number of rotatable bonds is 4. The van der Waals surface area contributed by atoms with Crippen LogP contribution in [0, 0.1) is 11.8 Å². The Morgan fingerprint density at radius 2 is 2.33 bits per heavy atom. The maximum Gasteiger partial charge on any atom is 0.251 e. The summed E-state index contributed by atoms with van der Waals surface area (Å²) in [5.41, 5.74) is 6.76. The third kappa shape index (κ3) is 4.82. The average molecular weight is 262 g/mol. The van der Waals surface area contributed by atoms with Gasteiger partial charge in [0.15, 0.2) is 0 Å². The second-order valence-electron chi connectivity index (χ2n) is 3.92. The van der Waals surface area contributed by atoms with Crippen LogP contribution in [0.4, 0.5) is 0 Å². The molecule has 0 aliphatic heterocycles. The molecule has 3 N–H and O–H groups in total. The number of hydrogen-bond acceptors (Lipinski definition) is 3. The summed E-state index contributed by atoms with van der Waals surface area (Å²) in [5.74, 6) is 6.53. The van der Waals surface area contributed by atoms with Crippen LogP contribution in [-0.2, 0) is 0 Å². The summed E-state index contributed by atoms with van der Waals surface area (Å²) >= 11 is 1.71. The van der Waals surface area contributed by atoms with Gasteiger partial charge in [-0.15, -0.1) is 0 Å². The summed E-state index contributed by atoms with van der Waals surface area (Å²) in [6, 6.07) is 7.42. The van der Waals surface area contributed by atoms with Crippen LogP contribution >= 0.6 is 11.8 Å². The summed E-state index contributed by atoms with van der Waals surface area (Å²) in [5, 5.41) is 2.95. The Hall–Kier alpha value is -1.44. The monoisotopic (exact) mass is 262 g/mol. The van der Waals surface area contributed by atoms with E-state index in [1.54, 1.807) is 23.9 Å². The molecule has 0 spiro atoms. The number of carbonyl (C=O) groups is 1. The van der Waals surface area contributed by atoms with E-state index in [-0.39, 0.29) is 11.9 Å². The van der Waals surface area contributed by atoms with Crippen molar-refractivity contribution in [1.29, 1.82) is 0 Å². The highest BCUT2D eigenvalue weighted by atomic mass is 32.2. The predicted molar refractivity (Wildman–Crippen MR) is 77.7 cm³/mol. The molecule has 18 heavy (non-hydrogen) atoms. The van der Waals surface area contributed by atoms with Gasteiger partial charge in [-0.05, 0) is 31.4 Å². The second kappa shape index (κ2) is 7.80. The van der Waals surface area contributed by atoms with Crippen molar-refractivity contribution in [3.63, 3.8) is 0 Å². The molecule has 0 bridgehead atoms. The lowest BCUT2D eigenvalue weighted by molar-refractivity contribution is 0.0943. The van der Waals surface area contributed by atoms with Gasteiger partial charge in [0, 0.05) is 22.9 Å². The van der Waals surface area contributed by atoms with E-state index in [2.05, 4.69) is 17.2 Å². The topological polar surface area (TPSA) is 55.1 Å². The Kier molecular flexibility index (Phi) is 6.34. The van der Waals surface area contributed by atoms with Gasteiger partial charge in [-0.1, -0.05) is 17.9 Å². The van der Waals surface area contributed by atoms with Gasteiger partial charge < -0.3 is 11.1 Å². The van der Waals surface area contributed by atoms with Gasteiger partial charge in [0.1, 0.15) is 0 Å². The van der Waals surface area contributed by atoms with E-state index in [9.17, 15) is 4.79 Å². The SMILES string of the molecule is CSCC(C)NC(=O)c1cccc(C#CCN)c1. The first-order chi connectivity index (χ1) is 8.67. The fourth-order valence-electron chi connectivity index (χ4n) is 1.49. The van der Waals surface area contributed by atoms with Crippen molar-refractivity contribution in [3.8, 4) is 11.8 Å². The zero-order valence-corrected chi connectivity index (χ0v) is 11.5. The van der Waals surface area contributed by atoms with Crippen molar-refractivity contribution < 1.29 is 4.79 Å². The zero-order valence-electron chi connectivity index (χ0n) is 10.7. The van der Waals surface area contributed by atoms with Crippen molar-refractivity contribution in [2.75, 3.05) is 18.6 Å². The molecular weight excluding hydrogens is 244 g/mol. The number of hydrogen-bond donors (Lipinski definition) is 2. The molecule has 0 aliphatic rings. The first-order valence-electron chi connectivity index (χ1n) is 5.76. The van der Waals surface area contributed by atoms with E-state index < -0.39 is 0 Å². The number of amides is 1. The molecule has 1 aromatic carbocycles. The highest BCUT2D eigenvalue weighted by Crippen LogP contribution is 2.05. The Morgan fingerprint density at radius 3 is 3.00 bits per heavy atom. The number of thioether (sulfide) groups is 1. The van der Waals surface area contributed by atoms with Crippen LogP contribution in [0.5, 0.6) is 0 Å². The molecular formula is C14H18N2OS. The third-order valence-electron chi connectivity index (χ3n) is 2.25. The zero-order chi connectivity index (χ0) is 13.4. The molecule has 0 radical (unpaired) electrons. The number of nitrogens with one attached hydrogen (secondary N) is 1. The summed E-state index contributed by atoms with van der Waals surface area (Å²) in [6.45, 7) is 2.31. The molecule has 0 saturated carbocycles. The Labute approximate surface area is 113 Å². The van der Waals surface area contributed by atoms with E-state index >= 15 is 0 Å². The quantitative estimate of drug-likeness (QED) is 0.808. The lowest BCUT2D eigenvalue weighted by atomic mass is 10.1. The van der Waals surface area contributed by atoms with Crippen LogP contribution in [0.25, 0.3) is 0 Å². The first kappa shape index (κ1) is 14.6. The molecule has 4 heteroatoms. The smallest absolute Gasteiger partial charge is 0.251 e. The van der Waals surface area contributed by atoms with Gasteiger partial charge in [0.2, 0.25) is 0 Å². The minimum absolute atomic E-state index is 0.0621. The van der Waals surface area contributed by atoms with Crippen LogP contribution in [-0.4, -0.2) is 30.5 Å². The molecule has 0 saturated heterocycles. The highest BCUT2D eigenvalue weighted by molar-refractivity contribution is 7.98. The summed E-state index contributed by atoms with van der Waals surface area (Å²) in [7, 11) is 0. The summed E-state index contributed by atoms with van der Waals surface area (Å²) in [6.07, 6.45) is 2.02. The van der Waals surface area contributed by atoms with E-state index in [1.807, 2.05) is 25.3 Å². The maximum absolute atomic E-state index is 12.0. The Morgan fingerprint density at radius 1 is 1.56 bits per heavy atom. The van der Waals surface area contributed by atoms with Gasteiger partial charge in [0.25, 0.3) is 5.91 Å². The van der Waals surface area contributed by atoms with Crippen molar-refractivity contribution >= 4 is 17.7 Å². The third-order valence-corrected chi connectivity index (χ3v) is 3.09. The number of nitrogens with two attached hydrogens (primary N) is 1. The minimum atomic E-state index is -0.0621. The van der Waals surface area contributed by atoms with Gasteiger partial charge in [-0.25, -0.2) is 0 Å². The van der Waals surface area contributed by atoms with E-state index in [0.717, 1.165) is 11.3 Å². The van der Waals surface area contributed by atoms with Gasteiger partial charge in [0.05, 0.1) is 6.54 Å².